The average molecular weight is 502 g/mol. The molecule has 2 aliphatic rings. The lowest BCUT2D eigenvalue weighted by molar-refractivity contribution is 0.0515. The van der Waals surface area contributed by atoms with Gasteiger partial charge in [-0.05, 0) is 30.3 Å². The lowest BCUT2D eigenvalue weighted by atomic mass is 9.70. The van der Waals surface area contributed by atoms with Crippen LogP contribution in [0.4, 0.5) is 0 Å². The maximum absolute atomic E-state index is 14.2. The number of likely N-dealkylation sites (tertiary alicyclic amines) is 1. The van der Waals surface area contributed by atoms with Crippen molar-refractivity contribution in [3.8, 4) is 5.75 Å². The molecule has 0 radical (unpaired) electrons. The Bertz CT molecular complexity index is 1480. The highest BCUT2D eigenvalue weighted by Gasteiger charge is 2.67. The van der Waals surface area contributed by atoms with Crippen LogP contribution >= 0.6 is 0 Å². The molecule has 1 spiro atoms. The molecule has 5 nitrogen and oxygen atoms in total. The van der Waals surface area contributed by atoms with Crippen LogP contribution in [0.5, 0.6) is 5.75 Å². The fraction of sp³-hybridized carbons (Fsp3) is 0.182. The zero-order valence-corrected chi connectivity index (χ0v) is 21.0. The SMILES string of the molecule is CN1CC(c2ccc(OCc3ccccc3)cc2)C(C(=O)c2ccccc2)C12C(=O)c1ccccc1C2=O. The van der Waals surface area contributed by atoms with Gasteiger partial charge in [0.25, 0.3) is 0 Å². The molecule has 188 valence electrons. The highest BCUT2D eigenvalue weighted by Crippen LogP contribution is 2.51. The van der Waals surface area contributed by atoms with E-state index in [1.54, 1.807) is 60.5 Å². The van der Waals surface area contributed by atoms with Crippen LogP contribution in [0.15, 0.2) is 109 Å². The minimum atomic E-state index is -1.57. The topological polar surface area (TPSA) is 63.7 Å². The average Bonchev–Trinajstić information content (AvgIpc) is 3.40. The van der Waals surface area contributed by atoms with E-state index >= 15 is 0 Å². The van der Waals surface area contributed by atoms with Gasteiger partial charge in [0.05, 0.1) is 5.92 Å². The minimum absolute atomic E-state index is 0.195. The van der Waals surface area contributed by atoms with Crippen LogP contribution < -0.4 is 4.74 Å². The van der Waals surface area contributed by atoms with Gasteiger partial charge >= 0.3 is 0 Å². The summed E-state index contributed by atoms with van der Waals surface area (Å²) in [6.45, 7) is 0.852. The number of hydrogen-bond acceptors (Lipinski definition) is 5. The standard InChI is InChI=1S/C33H27NO4/c1-34-20-28(23-16-18-25(19-17-23)38-21-22-10-4-2-5-11-22)29(30(35)24-12-6-3-7-13-24)33(34)31(36)26-14-8-9-15-27(26)32(33)37/h2-19,28-29H,20-21H2,1H3. The normalized spacial score (nSPS) is 20.0. The molecule has 0 aromatic heterocycles. The molecule has 0 amide bonds. The molecule has 2 unspecified atom stereocenters. The van der Waals surface area contributed by atoms with Crippen molar-refractivity contribution in [2.45, 2.75) is 18.1 Å². The molecule has 1 aliphatic carbocycles. The molecule has 1 heterocycles. The number of carbonyl (C=O) groups excluding carboxylic acids is 3. The first-order chi connectivity index (χ1) is 18.5. The molecule has 1 saturated heterocycles. The van der Waals surface area contributed by atoms with Crippen LogP contribution in [0, 0.1) is 5.92 Å². The van der Waals surface area contributed by atoms with Gasteiger partial charge in [-0.2, -0.15) is 0 Å². The fourth-order valence-corrected chi connectivity index (χ4v) is 6.10. The van der Waals surface area contributed by atoms with Gasteiger partial charge in [-0.25, -0.2) is 0 Å². The zero-order valence-electron chi connectivity index (χ0n) is 21.0. The van der Waals surface area contributed by atoms with Crippen molar-refractivity contribution in [3.05, 3.63) is 137 Å². The lowest BCUT2D eigenvalue weighted by Crippen LogP contribution is -2.57. The first kappa shape index (κ1) is 24.0. The summed E-state index contributed by atoms with van der Waals surface area (Å²) in [5, 5.41) is 0. The van der Waals surface area contributed by atoms with E-state index in [2.05, 4.69) is 0 Å². The summed E-state index contributed by atoms with van der Waals surface area (Å²) in [5.74, 6) is -1.28. The first-order valence-corrected chi connectivity index (χ1v) is 12.8. The third-order valence-corrected chi connectivity index (χ3v) is 7.93. The van der Waals surface area contributed by atoms with Crippen molar-refractivity contribution in [1.82, 2.24) is 4.90 Å². The Morgan fingerprint density at radius 2 is 1.34 bits per heavy atom. The highest BCUT2D eigenvalue weighted by molar-refractivity contribution is 6.35. The Labute approximate surface area is 221 Å². The van der Waals surface area contributed by atoms with Gasteiger partial charge in [0.2, 0.25) is 0 Å². The molecule has 2 atom stereocenters. The van der Waals surface area contributed by atoms with Gasteiger partial charge in [0, 0.05) is 29.2 Å². The van der Waals surface area contributed by atoms with E-state index in [9.17, 15) is 14.4 Å². The van der Waals surface area contributed by atoms with Crippen LogP contribution in [0.25, 0.3) is 0 Å². The van der Waals surface area contributed by atoms with E-state index in [-0.39, 0.29) is 23.3 Å². The fourth-order valence-electron chi connectivity index (χ4n) is 6.10. The maximum Gasteiger partial charge on any atom is 0.192 e. The number of fused-ring (bicyclic) bond motifs is 1. The molecule has 4 aromatic rings. The highest BCUT2D eigenvalue weighted by atomic mass is 16.5. The van der Waals surface area contributed by atoms with Gasteiger partial charge < -0.3 is 4.74 Å². The molecule has 6 rings (SSSR count). The number of ether oxygens (including phenoxy) is 1. The van der Waals surface area contributed by atoms with Crippen LogP contribution in [0.1, 0.15) is 48.1 Å². The molecule has 0 bridgehead atoms. The summed E-state index contributed by atoms with van der Waals surface area (Å²) in [4.78, 5) is 44.0. The molecular formula is C33H27NO4. The number of Topliss-reactive ketones (excluding diaryl/α,β-unsaturated/α-hetero) is 3. The lowest BCUT2D eigenvalue weighted by Gasteiger charge is -2.34. The second-order valence-corrected chi connectivity index (χ2v) is 10.0. The van der Waals surface area contributed by atoms with Gasteiger partial charge in [0.15, 0.2) is 22.9 Å². The molecule has 1 fully saturated rings. The number of rotatable bonds is 6. The van der Waals surface area contributed by atoms with E-state index in [4.69, 9.17) is 4.74 Å². The second kappa shape index (κ2) is 9.51. The number of ketones is 3. The van der Waals surface area contributed by atoms with E-state index in [1.165, 1.54) is 0 Å². The third kappa shape index (κ3) is 3.70. The molecular weight excluding hydrogens is 474 g/mol. The van der Waals surface area contributed by atoms with E-state index in [0.29, 0.717) is 35.6 Å². The number of benzene rings is 4. The zero-order chi connectivity index (χ0) is 26.3. The predicted molar refractivity (Wildman–Crippen MR) is 145 cm³/mol. The monoisotopic (exact) mass is 501 g/mol. The Morgan fingerprint density at radius 3 is 1.95 bits per heavy atom. The van der Waals surface area contributed by atoms with Crippen molar-refractivity contribution in [2.75, 3.05) is 13.6 Å². The molecule has 4 aromatic carbocycles. The summed E-state index contributed by atoms with van der Waals surface area (Å²) in [7, 11) is 1.78. The van der Waals surface area contributed by atoms with Crippen LogP contribution in [-0.2, 0) is 6.61 Å². The number of nitrogens with zero attached hydrogens (tertiary/aromatic N) is 1. The van der Waals surface area contributed by atoms with Crippen LogP contribution in [0.3, 0.4) is 0 Å². The van der Waals surface area contributed by atoms with Gasteiger partial charge in [-0.3, -0.25) is 19.3 Å². The smallest absolute Gasteiger partial charge is 0.192 e. The molecule has 0 N–H and O–H groups in total. The molecule has 1 aliphatic heterocycles. The molecule has 5 heteroatoms. The minimum Gasteiger partial charge on any atom is -0.489 e. The van der Waals surface area contributed by atoms with Crippen molar-refractivity contribution in [1.29, 1.82) is 0 Å². The Kier molecular flexibility index (Phi) is 6.01. The summed E-state index contributed by atoms with van der Waals surface area (Å²) in [5.41, 5.74) is 1.68. The first-order valence-electron chi connectivity index (χ1n) is 12.8. The summed E-state index contributed by atoms with van der Waals surface area (Å²) in [6.07, 6.45) is 0. The van der Waals surface area contributed by atoms with Crippen molar-refractivity contribution < 1.29 is 19.1 Å². The van der Waals surface area contributed by atoms with E-state index in [1.807, 2.05) is 60.7 Å². The quantitative estimate of drug-likeness (QED) is 0.254. The van der Waals surface area contributed by atoms with Gasteiger partial charge in [-0.15, -0.1) is 0 Å². The van der Waals surface area contributed by atoms with Crippen molar-refractivity contribution in [3.63, 3.8) is 0 Å². The van der Waals surface area contributed by atoms with E-state index in [0.717, 1.165) is 11.1 Å². The number of carbonyl (C=O) groups is 3. The number of hydrogen-bond donors (Lipinski definition) is 0. The summed E-state index contributed by atoms with van der Waals surface area (Å²) < 4.78 is 5.96. The Hall–Kier alpha value is -4.35. The molecule has 0 saturated carbocycles. The maximum atomic E-state index is 14.2. The number of likely N-dealkylation sites (N-methyl/N-ethyl adjacent to an activating group) is 1. The molecule has 38 heavy (non-hydrogen) atoms. The van der Waals surface area contributed by atoms with E-state index < -0.39 is 11.5 Å². The van der Waals surface area contributed by atoms with Crippen molar-refractivity contribution >= 4 is 17.3 Å². The van der Waals surface area contributed by atoms with Crippen molar-refractivity contribution in [2.24, 2.45) is 5.92 Å². The summed E-state index contributed by atoms with van der Waals surface area (Å²) >= 11 is 0. The predicted octanol–water partition coefficient (Wildman–Crippen LogP) is 5.61. The summed E-state index contributed by atoms with van der Waals surface area (Å²) in [6, 6.07) is 33.5. The third-order valence-electron chi connectivity index (χ3n) is 7.93. The van der Waals surface area contributed by atoms with Gasteiger partial charge in [0.1, 0.15) is 12.4 Å². The van der Waals surface area contributed by atoms with Gasteiger partial charge in [-0.1, -0.05) is 97.1 Å². The largest absolute Gasteiger partial charge is 0.489 e. The van der Waals surface area contributed by atoms with Crippen LogP contribution in [0.2, 0.25) is 0 Å². The van der Waals surface area contributed by atoms with Crippen LogP contribution in [-0.4, -0.2) is 41.4 Å². The second-order valence-electron chi connectivity index (χ2n) is 10.0. The Morgan fingerprint density at radius 1 is 0.789 bits per heavy atom. The Balaban J connectivity index is 1.38.